The number of unbranched alkanes of at least 4 members (excludes halogenated alkanes) is 3. The first kappa shape index (κ1) is 15.6. The lowest BCUT2D eigenvalue weighted by Crippen LogP contribution is -2.29. The monoisotopic (exact) mass is 248 g/mol. The molecule has 0 aromatic carbocycles. The average Bonchev–Trinajstić information content (AvgIpc) is 2.10. The summed E-state index contributed by atoms with van der Waals surface area (Å²) in [6.45, 7) is 7.34. The van der Waals surface area contributed by atoms with Crippen LogP contribution in [0.4, 0.5) is 0 Å². The Bertz CT molecular complexity index is 310. The van der Waals surface area contributed by atoms with Crippen LogP contribution in [-0.4, -0.2) is 25.7 Å². The number of carbonyl (C=O) groups excluding carboxylic acids is 1. The van der Waals surface area contributed by atoms with Crippen molar-refractivity contribution in [3.8, 4) is 0 Å². The van der Waals surface area contributed by atoms with Crippen molar-refractivity contribution in [2.75, 3.05) is 11.5 Å². The van der Waals surface area contributed by atoms with Crippen molar-refractivity contribution in [1.82, 2.24) is 0 Å². The summed E-state index contributed by atoms with van der Waals surface area (Å²) in [6.07, 6.45) is 3.75. The first-order chi connectivity index (χ1) is 7.19. The lowest BCUT2D eigenvalue weighted by Gasteiger charge is -2.16. The number of ketones is 1. The summed E-state index contributed by atoms with van der Waals surface area (Å²) in [5.74, 6) is -0.347. The molecule has 0 heterocycles. The van der Waals surface area contributed by atoms with Gasteiger partial charge in [-0.15, -0.1) is 0 Å². The van der Waals surface area contributed by atoms with Crippen molar-refractivity contribution in [2.24, 2.45) is 5.41 Å². The normalized spacial score (nSPS) is 12.8. The highest BCUT2D eigenvalue weighted by atomic mass is 32.2. The molecule has 0 aliphatic heterocycles. The molecular weight excluding hydrogens is 224 g/mol. The van der Waals surface area contributed by atoms with Crippen LogP contribution in [0.25, 0.3) is 0 Å². The molecule has 96 valence electrons. The third-order valence-corrected chi connectivity index (χ3v) is 4.11. The van der Waals surface area contributed by atoms with E-state index in [0.29, 0.717) is 6.42 Å². The van der Waals surface area contributed by atoms with E-state index in [4.69, 9.17) is 0 Å². The second-order valence-corrected chi connectivity index (χ2v) is 7.51. The Balaban J connectivity index is 4.11. The van der Waals surface area contributed by atoms with Crippen molar-refractivity contribution >= 4 is 15.6 Å². The first-order valence-corrected chi connectivity index (χ1v) is 7.75. The van der Waals surface area contributed by atoms with Crippen LogP contribution in [0.2, 0.25) is 0 Å². The van der Waals surface area contributed by atoms with Gasteiger partial charge >= 0.3 is 0 Å². The van der Waals surface area contributed by atoms with Crippen LogP contribution in [-0.2, 0) is 14.6 Å². The van der Waals surface area contributed by atoms with Gasteiger partial charge in [0.2, 0.25) is 0 Å². The molecule has 0 aliphatic rings. The molecular formula is C12H24O3S. The minimum atomic E-state index is -3.19. The van der Waals surface area contributed by atoms with Gasteiger partial charge in [0.1, 0.15) is 5.75 Å². The van der Waals surface area contributed by atoms with E-state index in [-0.39, 0.29) is 17.3 Å². The summed E-state index contributed by atoms with van der Waals surface area (Å²) in [5.41, 5.74) is -0.559. The van der Waals surface area contributed by atoms with Gasteiger partial charge in [-0.05, 0) is 6.42 Å². The Morgan fingerprint density at radius 3 is 2.06 bits per heavy atom. The van der Waals surface area contributed by atoms with Gasteiger partial charge in [-0.3, -0.25) is 4.79 Å². The lowest BCUT2D eigenvalue weighted by atomic mass is 9.92. The summed E-state index contributed by atoms with van der Waals surface area (Å²) in [5, 5.41) is 0. The smallest absolute Gasteiger partial charge is 0.157 e. The highest BCUT2D eigenvalue weighted by molar-refractivity contribution is 7.92. The van der Waals surface area contributed by atoms with Gasteiger partial charge in [-0.2, -0.15) is 0 Å². The van der Waals surface area contributed by atoms with Gasteiger partial charge in [0.15, 0.2) is 15.6 Å². The Morgan fingerprint density at radius 2 is 1.62 bits per heavy atom. The number of rotatable bonds is 7. The number of sulfone groups is 1. The second kappa shape index (κ2) is 6.38. The maximum Gasteiger partial charge on any atom is 0.157 e. The number of hydrogen-bond acceptors (Lipinski definition) is 3. The summed E-state index contributed by atoms with van der Waals surface area (Å²) < 4.78 is 23.3. The molecule has 0 saturated heterocycles. The van der Waals surface area contributed by atoms with Crippen molar-refractivity contribution in [3.63, 3.8) is 0 Å². The Morgan fingerprint density at radius 1 is 1.06 bits per heavy atom. The lowest BCUT2D eigenvalue weighted by molar-refractivity contribution is -0.123. The minimum Gasteiger partial charge on any atom is -0.298 e. The van der Waals surface area contributed by atoms with Gasteiger partial charge in [-0.25, -0.2) is 8.42 Å². The van der Waals surface area contributed by atoms with Crippen LogP contribution in [0.5, 0.6) is 0 Å². The topological polar surface area (TPSA) is 51.2 Å². The summed E-state index contributed by atoms with van der Waals surface area (Å²) in [6, 6.07) is 0. The molecule has 0 atom stereocenters. The van der Waals surface area contributed by atoms with Gasteiger partial charge in [0.05, 0.1) is 5.75 Å². The standard InChI is InChI=1S/C12H24O3S/c1-5-6-7-8-9-16(14,15)10-11(13)12(2,3)4/h5-10H2,1-4H3. The molecule has 3 nitrogen and oxygen atoms in total. The Hall–Kier alpha value is -0.380. The number of carbonyl (C=O) groups is 1. The quantitative estimate of drug-likeness (QED) is 0.651. The third-order valence-electron chi connectivity index (χ3n) is 2.50. The maximum absolute atomic E-state index is 11.6. The average molecular weight is 248 g/mol. The van der Waals surface area contributed by atoms with Gasteiger partial charge in [0.25, 0.3) is 0 Å². The van der Waals surface area contributed by atoms with Crippen molar-refractivity contribution in [3.05, 3.63) is 0 Å². The molecule has 0 aromatic rings. The molecule has 0 fully saturated rings. The van der Waals surface area contributed by atoms with Crippen LogP contribution in [0, 0.1) is 5.41 Å². The number of hydrogen-bond donors (Lipinski definition) is 0. The van der Waals surface area contributed by atoms with E-state index in [1.165, 1.54) is 0 Å². The highest BCUT2D eigenvalue weighted by Crippen LogP contribution is 2.16. The number of Topliss-reactive ketones (excluding diaryl/α,β-unsaturated/α-hetero) is 1. The van der Waals surface area contributed by atoms with E-state index in [2.05, 4.69) is 6.92 Å². The van der Waals surface area contributed by atoms with E-state index < -0.39 is 15.3 Å². The predicted octanol–water partition coefficient (Wildman–Crippen LogP) is 2.60. The zero-order valence-electron chi connectivity index (χ0n) is 10.9. The van der Waals surface area contributed by atoms with Crippen molar-refractivity contribution in [2.45, 2.75) is 53.4 Å². The van der Waals surface area contributed by atoms with Gasteiger partial charge in [-0.1, -0.05) is 47.0 Å². The fourth-order valence-electron chi connectivity index (χ4n) is 1.24. The molecule has 0 rings (SSSR count). The molecule has 0 spiro atoms. The molecule has 0 bridgehead atoms. The fourth-order valence-corrected chi connectivity index (χ4v) is 2.86. The van der Waals surface area contributed by atoms with Gasteiger partial charge < -0.3 is 0 Å². The minimum absolute atomic E-state index is 0.148. The van der Waals surface area contributed by atoms with Gasteiger partial charge in [0, 0.05) is 5.41 Å². The summed E-state index contributed by atoms with van der Waals surface area (Å²) >= 11 is 0. The fraction of sp³-hybridized carbons (Fsp3) is 0.917. The Kier molecular flexibility index (Phi) is 6.23. The van der Waals surface area contributed by atoms with Crippen molar-refractivity contribution < 1.29 is 13.2 Å². The zero-order chi connectivity index (χ0) is 12.8. The summed E-state index contributed by atoms with van der Waals surface area (Å²) in [7, 11) is -3.19. The molecule has 0 N–H and O–H groups in total. The highest BCUT2D eigenvalue weighted by Gasteiger charge is 2.26. The van der Waals surface area contributed by atoms with Crippen LogP contribution >= 0.6 is 0 Å². The molecule has 0 amide bonds. The van der Waals surface area contributed by atoms with E-state index in [9.17, 15) is 13.2 Å². The Labute approximate surface area is 99.5 Å². The zero-order valence-corrected chi connectivity index (χ0v) is 11.7. The molecule has 0 aromatic heterocycles. The summed E-state index contributed by atoms with van der Waals surface area (Å²) in [4.78, 5) is 11.6. The molecule has 0 saturated carbocycles. The predicted molar refractivity (Wildman–Crippen MR) is 67.3 cm³/mol. The van der Waals surface area contributed by atoms with E-state index >= 15 is 0 Å². The molecule has 0 radical (unpaired) electrons. The second-order valence-electron chi connectivity index (χ2n) is 5.33. The van der Waals surface area contributed by atoms with E-state index in [0.717, 1.165) is 19.3 Å². The van der Waals surface area contributed by atoms with Crippen LogP contribution in [0.3, 0.4) is 0 Å². The first-order valence-electron chi connectivity index (χ1n) is 5.93. The van der Waals surface area contributed by atoms with Crippen LogP contribution in [0.1, 0.15) is 53.4 Å². The largest absolute Gasteiger partial charge is 0.298 e. The SMILES string of the molecule is CCCCCCS(=O)(=O)CC(=O)C(C)(C)C. The van der Waals surface area contributed by atoms with E-state index in [1.54, 1.807) is 20.8 Å². The molecule has 16 heavy (non-hydrogen) atoms. The third kappa shape index (κ3) is 6.99. The maximum atomic E-state index is 11.6. The molecule has 0 unspecified atom stereocenters. The van der Waals surface area contributed by atoms with Crippen molar-refractivity contribution in [1.29, 1.82) is 0 Å². The van der Waals surface area contributed by atoms with Crippen LogP contribution in [0.15, 0.2) is 0 Å². The molecule has 4 heteroatoms. The van der Waals surface area contributed by atoms with E-state index in [1.807, 2.05) is 0 Å². The molecule has 0 aliphatic carbocycles. The van der Waals surface area contributed by atoms with Crippen LogP contribution < -0.4 is 0 Å².